The van der Waals surface area contributed by atoms with Gasteiger partial charge in [0, 0.05) is 39.6 Å². The van der Waals surface area contributed by atoms with Crippen molar-refractivity contribution in [3.05, 3.63) is 92.5 Å². The second-order valence-corrected chi connectivity index (χ2v) is 7.82. The number of nitro groups is 1. The molecule has 10 heteroatoms. The number of nitrogens with one attached hydrogen (secondary N) is 2. The van der Waals surface area contributed by atoms with E-state index in [1.54, 1.807) is 12.1 Å². The highest BCUT2D eigenvalue weighted by molar-refractivity contribution is 6.35. The molecule has 4 rings (SSSR count). The third-order valence-corrected chi connectivity index (χ3v) is 5.53. The Kier molecular flexibility index (Phi) is 5.92. The molecule has 0 aliphatic carbocycles. The molecule has 0 unspecified atom stereocenters. The number of carbonyl (C=O) groups excluding carboxylic acids is 1. The van der Waals surface area contributed by atoms with E-state index in [0.717, 1.165) is 22.0 Å². The quantitative estimate of drug-likeness (QED) is 0.314. The molecule has 0 fully saturated rings. The number of hydrogen-bond acceptors (Lipinski definition) is 4. The first kappa shape index (κ1) is 20.9. The van der Waals surface area contributed by atoms with Crippen molar-refractivity contribution in [2.45, 2.75) is 12.5 Å². The zero-order valence-corrected chi connectivity index (χ0v) is 17.6. The monoisotopic (exact) mass is 457 g/mol. The second kappa shape index (κ2) is 8.79. The van der Waals surface area contributed by atoms with E-state index in [4.69, 9.17) is 23.2 Å². The van der Waals surface area contributed by atoms with E-state index in [1.165, 1.54) is 17.1 Å². The first-order chi connectivity index (χ1) is 14.9. The minimum absolute atomic E-state index is 0.0875. The SMILES string of the molecule is O=C(Cn1cnc([N+](=O)[O-])c1)NC[C@@H](c1ccc(Cl)cc1Cl)c1c[nH]c2ccccc12. The topological polar surface area (TPSA) is 106 Å². The highest BCUT2D eigenvalue weighted by atomic mass is 35.5. The third kappa shape index (κ3) is 4.55. The maximum atomic E-state index is 12.5. The van der Waals surface area contributed by atoms with E-state index in [9.17, 15) is 14.9 Å². The average Bonchev–Trinajstić information content (AvgIpc) is 3.37. The summed E-state index contributed by atoms with van der Waals surface area (Å²) in [6, 6.07) is 13.2. The first-order valence-corrected chi connectivity index (χ1v) is 10.1. The van der Waals surface area contributed by atoms with Crippen molar-refractivity contribution in [1.82, 2.24) is 19.9 Å². The van der Waals surface area contributed by atoms with Crippen LogP contribution in [0.15, 0.2) is 61.2 Å². The number of benzene rings is 2. The van der Waals surface area contributed by atoms with Crippen LogP contribution in [0.5, 0.6) is 0 Å². The average molecular weight is 458 g/mol. The van der Waals surface area contributed by atoms with Crippen LogP contribution in [-0.4, -0.2) is 31.9 Å². The number of fused-ring (bicyclic) bond motifs is 1. The summed E-state index contributed by atoms with van der Waals surface area (Å²) in [4.78, 5) is 29.6. The van der Waals surface area contributed by atoms with E-state index >= 15 is 0 Å². The molecule has 31 heavy (non-hydrogen) atoms. The summed E-state index contributed by atoms with van der Waals surface area (Å²) in [5.74, 6) is -0.846. The summed E-state index contributed by atoms with van der Waals surface area (Å²) in [5.41, 5.74) is 2.79. The summed E-state index contributed by atoms with van der Waals surface area (Å²) in [7, 11) is 0. The number of imidazole rings is 1. The summed E-state index contributed by atoms with van der Waals surface area (Å²) in [6.45, 7) is 0.189. The van der Waals surface area contributed by atoms with Gasteiger partial charge in [-0.25, -0.2) is 0 Å². The van der Waals surface area contributed by atoms with Crippen LogP contribution >= 0.6 is 23.2 Å². The van der Waals surface area contributed by atoms with Crippen molar-refractivity contribution < 1.29 is 9.72 Å². The molecular formula is C21H17Cl2N5O3. The molecule has 1 amide bonds. The number of nitrogens with zero attached hydrogens (tertiary/aromatic N) is 3. The summed E-state index contributed by atoms with van der Waals surface area (Å²) in [6.07, 6.45) is 4.38. The second-order valence-electron chi connectivity index (χ2n) is 6.97. The molecule has 0 aliphatic heterocycles. The number of rotatable bonds is 7. The lowest BCUT2D eigenvalue weighted by molar-refractivity contribution is -0.389. The van der Waals surface area contributed by atoms with E-state index in [0.29, 0.717) is 10.0 Å². The van der Waals surface area contributed by atoms with E-state index in [2.05, 4.69) is 15.3 Å². The lowest BCUT2D eigenvalue weighted by Crippen LogP contribution is -2.31. The Morgan fingerprint density at radius 2 is 2.03 bits per heavy atom. The molecule has 8 nitrogen and oxygen atoms in total. The molecular weight excluding hydrogens is 441 g/mol. The largest absolute Gasteiger partial charge is 0.381 e. The van der Waals surface area contributed by atoms with Crippen LogP contribution in [0.2, 0.25) is 10.0 Å². The molecule has 0 saturated heterocycles. The minimum Gasteiger partial charge on any atom is -0.361 e. The first-order valence-electron chi connectivity index (χ1n) is 9.36. The van der Waals surface area contributed by atoms with Crippen molar-refractivity contribution in [3.63, 3.8) is 0 Å². The van der Waals surface area contributed by atoms with Crippen LogP contribution in [0.1, 0.15) is 17.0 Å². The van der Waals surface area contributed by atoms with Crippen molar-refractivity contribution in [2.75, 3.05) is 6.54 Å². The van der Waals surface area contributed by atoms with Gasteiger partial charge < -0.3 is 25.0 Å². The predicted octanol–water partition coefficient (Wildman–Crippen LogP) is 4.53. The summed E-state index contributed by atoms with van der Waals surface area (Å²) < 4.78 is 1.36. The fraction of sp³-hybridized carbons (Fsp3) is 0.143. The Hall–Kier alpha value is -3.36. The van der Waals surface area contributed by atoms with Gasteiger partial charge >= 0.3 is 5.82 Å². The van der Waals surface area contributed by atoms with E-state index < -0.39 is 4.92 Å². The smallest absolute Gasteiger partial charge is 0.361 e. The molecule has 0 spiro atoms. The molecule has 2 aromatic carbocycles. The molecule has 2 aromatic heterocycles. The Bertz CT molecular complexity index is 1270. The Balaban J connectivity index is 1.58. The fourth-order valence-electron chi connectivity index (χ4n) is 3.52. The van der Waals surface area contributed by atoms with Crippen LogP contribution in [0.3, 0.4) is 0 Å². The molecule has 0 aliphatic rings. The summed E-state index contributed by atoms with van der Waals surface area (Å²) in [5, 5.41) is 15.7. The number of halogens is 2. The molecule has 2 N–H and O–H groups in total. The predicted molar refractivity (Wildman–Crippen MR) is 118 cm³/mol. The maximum Gasteiger partial charge on any atom is 0.381 e. The van der Waals surface area contributed by atoms with Gasteiger partial charge in [0.1, 0.15) is 12.7 Å². The molecule has 0 radical (unpaired) electrons. The van der Waals surface area contributed by atoms with Gasteiger partial charge in [0.05, 0.1) is 0 Å². The number of amides is 1. The summed E-state index contributed by atoms with van der Waals surface area (Å²) >= 11 is 12.6. The zero-order chi connectivity index (χ0) is 22.0. The Morgan fingerprint density at radius 3 is 2.77 bits per heavy atom. The van der Waals surface area contributed by atoms with Crippen molar-refractivity contribution >= 4 is 45.8 Å². The number of carbonyl (C=O) groups is 1. The van der Waals surface area contributed by atoms with Crippen LogP contribution in [0, 0.1) is 10.1 Å². The number of aromatic amines is 1. The number of para-hydroxylation sites is 1. The van der Waals surface area contributed by atoms with Gasteiger partial charge in [-0.15, -0.1) is 0 Å². The van der Waals surface area contributed by atoms with E-state index in [-0.39, 0.29) is 30.7 Å². The van der Waals surface area contributed by atoms with Gasteiger partial charge in [-0.1, -0.05) is 47.5 Å². The van der Waals surface area contributed by atoms with Crippen LogP contribution in [0.25, 0.3) is 10.9 Å². The van der Waals surface area contributed by atoms with Gasteiger partial charge in [0.25, 0.3) is 0 Å². The van der Waals surface area contributed by atoms with Gasteiger partial charge in [-0.05, 0) is 39.2 Å². The van der Waals surface area contributed by atoms with Gasteiger partial charge in [-0.2, -0.15) is 0 Å². The molecule has 2 heterocycles. The van der Waals surface area contributed by atoms with Gasteiger partial charge in [-0.3, -0.25) is 4.79 Å². The minimum atomic E-state index is -0.607. The van der Waals surface area contributed by atoms with E-state index in [1.807, 2.05) is 36.5 Å². The number of hydrogen-bond donors (Lipinski definition) is 2. The van der Waals surface area contributed by atoms with Crippen LogP contribution in [0.4, 0.5) is 5.82 Å². The number of aromatic nitrogens is 3. The third-order valence-electron chi connectivity index (χ3n) is 4.97. The molecule has 1 atom stereocenters. The van der Waals surface area contributed by atoms with Crippen molar-refractivity contribution in [3.8, 4) is 0 Å². The number of H-pyrrole nitrogens is 1. The van der Waals surface area contributed by atoms with Crippen LogP contribution < -0.4 is 5.32 Å². The van der Waals surface area contributed by atoms with Gasteiger partial charge in [0.15, 0.2) is 0 Å². The van der Waals surface area contributed by atoms with Gasteiger partial charge in [0.2, 0.25) is 12.2 Å². The van der Waals surface area contributed by atoms with Crippen molar-refractivity contribution in [2.24, 2.45) is 0 Å². The fourth-order valence-corrected chi connectivity index (χ4v) is 4.06. The van der Waals surface area contributed by atoms with Crippen LogP contribution in [-0.2, 0) is 11.3 Å². The van der Waals surface area contributed by atoms with Crippen molar-refractivity contribution in [1.29, 1.82) is 0 Å². The lowest BCUT2D eigenvalue weighted by atomic mass is 9.90. The Labute approximate surface area is 187 Å². The molecule has 4 aromatic rings. The normalized spacial score (nSPS) is 12.1. The molecule has 0 bridgehead atoms. The molecule has 158 valence electrons. The Morgan fingerprint density at radius 1 is 1.23 bits per heavy atom. The molecule has 0 saturated carbocycles. The highest BCUT2D eigenvalue weighted by Crippen LogP contribution is 2.35. The lowest BCUT2D eigenvalue weighted by Gasteiger charge is -2.20. The maximum absolute atomic E-state index is 12.5. The standard InChI is InChI=1S/C21H17Cl2N5O3/c22-13-5-6-14(18(23)7-13)16(17-8-24-19-4-2-1-3-15(17)19)9-25-21(29)11-27-10-20(26-12-27)28(30)31/h1-8,10,12,16,24H,9,11H2,(H,25,29)/t16-/m0/s1. The zero-order valence-electron chi connectivity index (χ0n) is 16.1. The highest BCUT2D eigenvalue weighted by Gasteiger charge is 2.22.